The molecule has 0 aliphatic carbocycles. The summed E-state index contributed by atoms with van der Waals surface area (Å²) < 4.78 is 0. The second-order valence-corrected chi connectivity index (χ2v) is 3.66. The van der Waals surface area contributed by atoms with E-state index in [0.717, 1.165) is 11.9 Å². The van der Waals surface area contributed by atoms with Crippen LogP contribution in [-0.2, 0) is 0 Å². The molecule has 96 valence electrons. The third-order valence-corrected chi connectivity index (χ3v) is 2.21. The first kappa shape index (κ1) is 12.6. The van der Waals surface area contributed by atoms with Crippen molar-refractivity contribution in [2.45, 2.75) is 6.92 Å². The number of hydrogen-bond donors (Lipinski definition) is 1. The van der Waals surface area contributed by atoms with Gasteiger partial charge in [-0.1, -0.05) is 0 Å². The summed E-state index contributed by atoms with van der Waals surface area (Å²) in [5, 5.41) is 12.9. The lowest BCUT2D eigenvalue weighted by Gasteiger charge is -2.03. The maximum absolute atomic E-state index is 11.8. The molecule has 0 saturated carbocycles. The summed E-state index contributed by atoms with van der Waals surface area (Å²) in [6, 6.07) is 2.48. The van der Waals surface area contributed by atoms with Crippen molar-refractivity contribution in [3.05, 3.63) is 52.2 Å². The molecule has 2 aromatic heterocycles. The van der Waals surface area contributed by atoms with Crippen molar-refractivity contribution in [2.75, 3.05) is 5.32 Å². The van der Waals surface area contributed by atoms with Gasteiger partial charge < -0.3 is 5.32 Å². The predicted octanol–water partition coefficient (Wildman–Crippen LogP) is 1.34. The summed E-state index contributed by atoms with van der Waals surface area (Å²) in [5.74, 6) is -0.219. The number of carbonyl (C=O) groups is 1. The first-order chi connectivity index (χ1) is 9.06. The van der Waals surface area contributed by atoms with Gasteiger partial charge in [-0.15, -0.1) is 0 Å². The van der Waals surface area contributed by atoms with Gasteiger partial charge in [0.25, 0.3) is 11.6 Å². The van der Waals surface area contributed by atoms with E-state index >= 15 is 0 Å². The number of rotatable bonds is 3. The van der Waals surface area contributed by atoms with E-state index < -0.39 is 10.8 Å². The number of aryl methyl sites for hydroxylation is 1. The number of nitrogens with zero attached hydrogens (tertiary/aromatic N) is 4. The Kier molecular flexibility index (Phi) is 3.42. The summed E-state index contributed by atoms with van der Waals surface area (Å²) in [5.41, 5.74) is 0.617. The summed E-state index contributed by atoms with van der Waals surface area (Å²) >= 11 is 0. The molecule has 0 radical (unpaired) electrons. The SMILES string of the molecule is Cc1cnc(NC(=O)c2ccc([N+](=O)[O-])cn2)cn1. The quantitative estimate of drug-likeness (QED) is 0.657. The van der Waals surface area contributed by atoms with Crippen LogP contribution in [0.25, 0.3) is 0 Å². The minimum atomic E-state index is -0.583. The predicted molar refractivity (Wildman–Crippen MR) is 65.6 cm³/mol. The second kappa shape index (κ2) is 5.17. The van der Waals surface area contributed by atoms with E-state index in [0.29, 0.717) is 0 Å². The number of nitro groups is 1. The van der Waals surface area contributed by atoms with E-state index in [2.05, 4.69) is 20.3 Å². The lowest BCUT2D eigenvalue weighted by Crippen LogP contribution is -2.14. The third-order valence-electron chi connectivity index (χ3n) is 2.21. The first-order valence-corrected chi connectivity index (χ1v) is 5.27. The fraction of sp³-hybridized carbons (Fsp3) is 0.0909. The van der Waals surface area contributed by atoms with E-state index in [1.807, 2.05) is 0 Å². The Morgan fingerprint density at radius 2 is 2.00 bits per heavy atom. The molecule has 0 aliphatic heterocycles. The zero-order chi connectivity index (χ0) is 13.8. The summed E-state index contributed by atoms with van der Waals surface area (Å²) in [6.07, 6.45) is 3.95. The van der Waals surface area contributed by atoms with Crippen LogP contribution in [0.5, 0.6) is 0 Å². The number of carbonyl (C=O) groups excluding carboxylic acids is 1. The van der Waals surface area contributed by atoms with Gasteiger partial charge in [-0.05, 0) is 13.0 Å². The van der Waals surface area contributed by atoms with Crippen LogP contribution in [0.15, 0.2) is 30.7 Å². The van der Waals surface area contributed by atoms with Crippen molar-refractivity contribution < 1.29 is 9.72 Å². The van der Waals surface area contributed by atoms with Gasteiger partial charge in [0.15, 0.2) is 5.82 Å². The maximum Gasteiger partial charge on any atom is 0.287 e. The Hall–Kier alpha value is -2.90. The fourth-order valence-electron chi connectivity index (χ4n) is 1.27. The van der Waals surface area contributed by atoms with Gasteiger partial charge in [0.1, 0.15) is 11.9 Å². The zero-order valence-corrected chi connectivity index (χ0v) is 9.90. The first-order valence-electron chi connectivity index (χ1n) is 5.27. The average molecular weight is 259 g/mol. The molecule has 8 nitrogen and oxygen atoms in total. The Balaban J connectivity index is 2.11. The monoisotopic (exact) mass is 259 g/mol. The lowest BCUT2D eigenvalue weighted by atomic mass is 10.3. The minimum Gasteiger partial charge on any atom is -0.304 e. The van der Waals surface area contributed by atoms with Crippen molar-refractivity contribution in [3.8, 4) is 0 Å². The van der Waals surface area contributed by atoms with Crippen LogP contribution in [0.4, 0.5) is 11.5 Å². The molecule has 0 fully saturated rings. The molecule has 0 atom stereocenters. The Bertz CT molecular complexity index is 609. The summed E-state index contributed by atoms with van der Waals surface area (Å²) in [4.78, 5) is 33.3. The fourth-order valence-corrected chi connectivity index (χ4v) is 1.27. The molecule has 0 bridgehead atoms. The largest absolute Gasteiger partial charge is 0.304 e. The van der Waals surface area contributed by atoms with E-state index in [1.165, 1.54) is 24.5 Å². The molecule has 1 N–H and O–H groups in total. The van der Waals surface area contributed by atoms with E-state index in [1.54, 1.807) is 6.92 Å². The van der Waals surface area contributed by atoms with Crippen molar-refractivity contribution >= 4 is 17.4 Å². The van der Waals surface area contributed by atoms with Gasteiger partial charge in [-0.2, -0.15) is 0 Å². The van der Waals surface area contributed by atoms with Crippen molar-refractivity contribution in [1.82, 2.24) is 15.0 Å². The molecule has 8 heteroatoms. The van der Waals surface area contributed by atoms with Gasteiger partial charge in [0.2, 0.25) is 0 Å². The van der Waals surface area contributed by atoms with Crippen LogP contribution >= 0.6 is 0 Å². The molecular formula is C11H9N5O3. The molecule has 0 spiro atoms. The molecule has 2 aromatic rings. The third kappa shape index (κ3) is 3.06. The van der Waals surface area contributed by atoms with Crippen molar-refractivity contribution in [2.24, 2.45) is 0 Å². The highest BCUT2D eigenvalue weighted by Gasteiger charge is 2.11. The smallest absolute Gasteiger partial charge is 0.287 e. The van der Waals surface area contributed by atoms with Crippen LogP contribution in [0, 0.1) is 17.0 Å². The number of aromatic nitrogens is 3. The topological polar surface area (TPSA) is 111 Å². The molecule has 0 aliphatic rings. The molecule has 0 unspecified atom stereocenters. The van der Waals surface area contributed by atoms with Gasteiger partial charge in [-0.25, -0.2) is 9.97 Å². The zero-order valence-electron chi connectivity index (χ0n) is 9.90. The molecular weight excluding hydrogens is 250 g/mol. The highest BCUT2D eigenvalue weighted by Crippen LogP contribution is 2.10. The number of amides is 1. The van der Waals surface area contributed by atoms with Gasteiger partial charge in [0.05, 0.1) is 23.0 Å². The summed E-state index contributed by atoms with van der Waals surface area (Å²) in [6.45, 7) is 1.77. The molecule has 19 heavy (non-hydrogen) atoms. The van der Waals surface area contributed by atoms with Crippen LogP contribution < -0.4 is 5.32 Å². The van der Waals surface area contributed by atoms with Crippen LogP contribution in [-0.4, -0.2) is 25.8 Å². The van der Waals surface area contributed by atoms with Crippen LogP contribution in [0.1, 0.15) is 16.2 Å². The molecule has 0 aromatic carbocycles. The van der Waals surface area contributed by atoms with Crippen LogP contribution in [0.3, 0.4) is 0 Å². The Labute approximate surface area is 107 Å². The highest BCUT2D eigenvalue weighted by molar-refractivity contribution is 6.02. The average Bonchev–Trinajstić information content (AvgIpc) is 2.41. The maximum atomic E-state index is 11.8. The van der Waals surface area contributed by atoms with Crippen LogP contribution in [0.2, 0.25) is 0 Å². The number of nitrogens with one attached hydrogen (secondary N) is 1. The minimum absolute atomic E-state index is 0.0629. The number of hydrogen-bond acceptors (Lipinski definition) is 6. The Morgan fingerprint density at radius 1 is 1.21 bits per heavy atom. The number of pyridine rings is 1. The number of anilines is 1. The highest BCUT2D eigenvalue weighted by atomic mass is 16.6. The lowest BCUT2D eigenvalue weighted by molar-refractivity contribution is -0.385. The van der Waals surface area contributed by atoms with Gasteiger partial charge in [-0.3, -0.25) is 19.9 Å². The molecule has 2 heterocycles. The normalized spacial score (nSPS) is 9.95. The second-order valence-electron chi connectivity index (χ2n) is 3.66. The van der Waals surface area contributed by atoms with E-state index in [-0.39, 0.29) is 17.2 Å². The standard InChI is InChI=1S/C11H9N5O3/c1-7-4-14-10(6-12-7)15-11(17)9-3-2-8(5-13-9)16(18)19/h2-6H,1H3,(H,14,15,17). The van der Waals surface area contributed by atoms with Crippen molar-refractivity contribution in [3.63, 3.8) is 0 Å². The van der Waals surface area contributed by atoms with Gasteiger partial charge in [0, 0.05) is 6.07 Å². The van der Waals surface area contributed by atoms with E-state index in [4.69, 9.17) is 0 Å². The van der Waals surface area contributed by atoms with Gasteiger partial charge >= 0.3 is 0 Å². The molecule has 1 amide bonds. The molecule has 2 rings (SSSR count). The Morgan fingerprint density at radius 3 is 2.53 bits per heavy atom. The summed E-state index contributed by atoms with van der Waals surface area (Å²) in [7, 11) is 0. The molecule has 0 saturated heterocycles. The van der Waals surface area contributed by atoms with Crippen molar-refractivity contribution in [1.29, 1.82) is 0 Å². The van der Waals surface area contributed by atoms with E-state index in [9.17, 15) is 14.9 Å².